The zero-order chi connectivity index (χ0) is 12.3. The summed E-state index contributed by atoms with van der Waals surface area (Å²) in [6.45, 7) is 2.02. The number of halogens is 1. The number of hydrogen-bond donors (Lipinski definition) is 0. The van der Waals surface area contributed by atoms with Gasteiger partial charge in [0, 0.05) is 4.47 Å². The topological polar surface area (TPSA) is 33.0 Å². The van der Waals surface area contributed by atoms with Crippen molar-refractivity contribution in [2.45, 2.75) is 6.92 Å². The molecule has 0 heterocycles. The van der Waals surface area contributed by atoms with E-state index in [1.165, 1.54) is 0 Å². The maximum atomic E-state index is 8.81. The van der Waals surface area contributed by atoms with E-state index in [-0.39, 0.29) is 0 Å². The Balaban J connectivity index is 2.25. The van der Waals surface area contributed by atoms with Crippen molar-refractivity contribution in [3.63, 3.8) is 0 Å². The molecule has 17 heavy (non-hydrogen) atoms. The number of aryl methyl sites for hydroxylation is 1. The fourth-order valence-corrected chi connectivity index (χ4v) is 1.91. The molecule has 0 radical (unpaired) electrons. The number of ether oxygens (including phenoxy) is 1. The maximum Gasteiger partial charge on any atom is 0.128 e. The molecule has 0 aliphatic heterocycles. The third kappa shape index (κ3) is 2.86. The van der Waals surface area contributed by atoms with E-state index < -0.39 is 0 Å². The summed E-state index contributed by atoms with van der Waals surface area (Å²) in [5.41, 5.74) is 1.75. The van der Waals surface area contributed by atoms with E-state index in [4.69, 9.17) is 10.00 Å². The molecule has 0 aliphatic carbocycles. The Labute approximate surface area is 109 Å². The van der Waals surface area contributed by atoms with Gasteiger partial charge in [0.15, 0.2) is 0 Å². The Morgan fingerprint density at radius 1 is 1.12 bits per heavy atom. The quantitative estimate of drug-likeness (QED) is 0.819. The number of benzene rings is 2. The van der Waals surface area contributed by atoms with Crippen molar-refractivity contribution < 1.29 is 4.74 Å². The molecule has 0 N–H and O–H groups in total. The standard InChI is InChI=1S/C14H10BrNO/c1-10-3-2-4-12(7-10)17-13-6-5-11(9-16)14(15)8-13/h2-8H,1H3. The summed E-state index contributed by atoms with van der Waals surface area (Å²) in [5, 5.41) is 8.81. The molecule has 0 spiro atoms. The Morgan fingerprint density at radius 3 is 2.53 bits per heavy atom. The highest BCUT2D eigenvalue weighted by Crippen LogP contribution is 2.27. The molecule has 2 rings (SSSR count). The van der Waals surface area contributed by atoms with Crippen LogP contribution in [0.4, 0.5) is 0 Å². The van der Waals surface area contributed by atoms with Crippen molar-refractivity contribution in [1.29, 1.82) is 5.26 Å². The normalized spacial score (nSPS) is 9.71. The Hall–Kier alpha value is -1.79. The molecule has 2 aromatic rings. The maximum absolute atomic E-state index is 8.81. The Kier molecular flexibility index (Phi) is 3.46. The minimum atomic E-state index is 0.599. The first kappa shape index (κ1) is 11.7. The second-order valence-corrected chi connectivity index (χ2v) is 4.53. The number of nitrogens with zero attached hydrogens (tertiary/aromatic N) is 1. The molecule has 0 aromatic heterocycles. The Morgan fingerprint density at radius 2 is 1.88 bits per heavy atom. The fourth-order valence-electron chi connectivity index (χ4n) is 1.46. The molecular weight excluding hydrogens is 278 g/mol. The summed E-state index contributed by atoms with van der Waals surface area (Å²) >= 11 is 3.33. The first-order valence-corrected chi connectivity index (χ1v) is 5.92. The van der Waals surface area contributed by atoms with Gasteiger partial charge in [-0.2, -0.15) is 5.26 Å². The molecule has 0 aliphatic rings. The molecular formula is C14H10BrNO. The Bertz CT molecular complexity index is 587. The van der Waals surface area contributed by atoms with Gasteiger partial charge in [0.25, 0.3) is 0 Å². The van der Waals surface area contributed by atoms with E-state index in [1.807, 2.05) is 31.2 Å². The lowest BCUT2D eigenvalue weighted by Gasteiger charge is -2.07. The van der Waals surface area contributed by atoms with Crippen LogP contribution in [0.1, 0.15) is 11.1 Å². The van der Waals surface area contributed by atoms with Gasteiger partial charge in [-0.1, -0.05) is 12.1 Å². The van der Waals surface area contributed by atoms with Crippen molar-refractivity contribution >= 4 is 15.9 Å². The van der Waals surface area contributed by atoms with Crippen LogP contribution in [-0.2, 0) is 0 Å². The average molecular weight is 288 g/mol. The van der Waals surface area contributed by atoms with E-state index in [1.54, 1.807) is 18.2 Å². The fraction of sp³-hybridized carbons (Fsp3) is 0.0714. The monoisotopic (exact) mass is 287 g/mol. The van der Waals surface area contributed by atoms with Gasteiger partial charge in [-0.05, 0) is 58.7 Å². The van der Waals surface area contributed by atoms with E-state index in [9.17, 15) is 0 Å². The number of nitriles is 1. The van der Waals surface area contributed by atoms with Gasteiger partial charge >= 0.3 is 0 Å². The number of hydrogen-bond acceptors (Lipinski definition) is 2. The van der Waals surface area contributed by atoms with Crippen LogP contribution in [0.25, 0.3) is 0 Å². The first-order chi connectivity index (χ1) is 8.19. The van der Waals surface area contributed by atoms with Crippen molar-refractivity contribution in [2.75, 3.05) is 0 Å². The lowest BCUT2D eigenvalue weighted by molar-refractivity contribution is 0.482. The highest BCUT2D eigenvalue weighted by atomic mass is 79.9. The van der Waals surface area contributed by atoms with Crippen LogP contribution in [0.3, 0.4) is 0 Å². The van der Waals surface area contributed by atoms with Gasteiger partial charge in [0.05, 0.1) is 5.56 Å². The summed E-state index contributed by atoms with van der Waals surface area (Å²) in [5.74, 6) is 1.50. The summed E-state index contributed by atoms with van der Waals surface area (Å²) in [7, 11) is 0. The molecule has 2 aromatic carbocycles. The van der Waals surface area contributed by atoms with Crippen LogP contribution in [0.2, 0.25) is 0 Å². The minimum Gasteiger partial charge on any atom is -0.457 e. The smallest absolute Gasteiger partial charge is 0.128 e. The largest absolute Gasteiger partial charge is 0.457 e. The molecule has 0 bridgehead atoms. The summed E-state index contributed by atoms with van der Waals surface area (Å²) in [6, 6.07) is 15.2. The summed E-state index contributed by atoms with van der Waals surface area (Å²) in [4.78, 5) is 0. The first-order valence-electron chi connectivity index (χ1n) is 5.13. The van der Waals surface area contributed by atoms with Crippen molar-refractivity contribution in [3.8, 4) is 17.6 Å². The number of rotatable bonds is 2. The second kappa shape index (κ2) is 5.03. The zero-order valence-electron chi connectivity index (χ0n) is 9.27. The second-order valence-electron chi connectivity index (χ2n) is 3.67. The van der Waals surface area contributed by atoms with E-state index >= 15 is 0 Å². The molecule has 3 heteroatoms. The van der Waals surface area contributed by atoms with Gasteiger partial charge in [-0.25, -0.2) is 0 Å². The van der Waals surface area contributed by atoms with Crippen LogP contribution >= 0.6 is 15.9 Å². The molecule has 2 nitrogen and oxygen atoms in total. The highest BCUT2D eigenvalue weighted by molar-refractivity contribution is 9.10. The van der Waals surface area contributed by atoms with Gasteiger partial charge in [-0.15, -0.1) is 0 Å². The third-order valence-corrected chi connectivity index (χ3v) is 2.94. The van der Waals surface area contributed by atoms with Gasteiger partial charge < -0.3 is 4.74 Å². The third-order valence-electron chi connectivity index (χ3n) is 2.29. The van der Waals surface area contributed by atoms with Crippen LogP contribution in [0.15, 0.2) is 46.9 Å². The average Bonchev–Trinajstić information content (AvgIpc) is 2.29. The van der Waals surface area contributed by atoms with Crippen molar-refractivity contribution in [2.24, 2.45) is 0 Å². The van der Waals surface area contributed by atoms with Gasteiger partial charge in [0.2, 0.25) is 0 Å². The molecule has 0 fully saturated rings. The molecule has 0 unspecified atom stereocenters. The molecule has 0 saturated carbocycles. The van der Waals surface area contributed by atoms with Crippen molar-refractivity contribution in [1.82, 2.24) is 0 Å². The van der Waals surface area contributed by atoms with Crippen LogP contribution in [0.5, 0.6) is 11.5 Å². The van der Waals surface area contributed by atoms with E-state index in [0.717, 1.165) is 15.8 Å². The molecule has 84 valence electrons. The lowest BCUT2D eigenvalue weighted by atomic mass is 10.2. The predicted molar refractivity (Wildman–Crippen MR) is 70.1 cm³/mol. The SMILES string of the molecule is Cc1cccc(Oc2ccc(C#N)c(Br)c2)c1. The minimum absolute atomic E-state index is 0.599. The van der Waals surface area contributed by atoms with E-state index in [2.05, 4.69) is 22.0 Å². The molecule has 0 amide bonds. The summed E-state index contributed by atoms with van der Waals surface area (Å²) in [6.07, 6.45) is 0. The summed E-state index contributed by atoms with van der Waals surface area (Å²) < 4.78 is 6.44. The van der Waals surface area contributed by atoms with Crippen LogP contribution < -0.4 is 4.74 Å². The van der Waals surface area contributed by atoms with Crippen molar-refractivity contribution in [3.05, 3.63) is 58.1 Å². The van der Waals surface area contributed by atoms with Gasteiger partial charge in [-0.3, -0.25) is 0 Å². The van der Waals surface area contributed by atoms with E-state index in [0.29, 0.717) is 11.3 Å². The zero-order valence-corrected chi connectivity index (χ0v) is 10.9. The lowest BCUT2D eigenvalue weighted by Crippen LogP contribution is -1.86. The van der Waals surface area contributed by atoms with Gasteiger partial charge in [0.1, 0.15) is 17.6 Å². The van der Waals surface area contributed by atoms with Crippen LogP contribution in [0, 0.1) is 18.3 Å². The predicted octanol–water partition coefficient (Wildman–Crippen LogP) is 4.42. The van der Waals surface area contributed by atoms with Crippen LogP contribution in [-0.4, -0.2) is 0 Å². The molecule has 0 saturated heterocycles. The highest BCUT2D eigenvalue weighted by Gasteiger charge is 2.02. The molecule has 0 atom stereocenters.